The first-order valence-corrected chi connectivity index (χ1v) is 8.10. The number of rotatable bonds is 3. The first kappa shape index (κ1) is 15.3. The lowest BCUT2D eigenvalue weighted by atomic mass is 9.91. The van der Waals surface area contributed by atoms with Crippen molar-refractivity contribution in [2.24, 2.45) is 0 Å². The van der Waals surface area contributed by atoms with Gasteiger partial charge in [-0.15, -0.1) is 11.6 Å². The molecular weight excluding hydrogens is 302 g/mol. The number of hydrogen-bond acceptors (Lipinski definition) is 3. The Bertz CT molecular complexity index is 566. The average molecular weight is 322 g/mol. The molecule has 1 atom stereocenters. The number of alkyl halides is 1. The summed E-state index contributed by atoms with van der Waals surface area (Å²) in [5.41, 5.74) is 0.564. The third kappa shape index (κ3) is 2.71. The number of carbonyl (C=O) groups excluding carboxylic acids is 2. The zero-order chi connectivity index (χ0) is 15.6. The van der Waals surface area contributed by atoms with E-state index in [2.05, 4.69) is 22.3 Å². The summed E-state index contributed by atoms with van der Waals surface area (Å²) in [7, 11) is 0. The predicted octanol–water partition coefficient (Wildman–Crippen LogP) is 0.828. The van der Waals surface area contributed by atoms with Crippen LogP contribution in [-0.2, 0) is 16.1 Å². The molecule has 1 N–H and O–H groups in total. The maximum Gasteiger partial charge on any atom is 0.242 e. The van der Waals surface area contributed by atoms with E-state index >= 15 is 0 Å². The first-order valence-electron chi connectivity index (χ1n) is 7.57. The van der Waals surface area contributed by atoms with Crippen LogP contribution in [0.15, 0.2) is 30.3 Å². The molecule has 1 aromatic carbocycles. The molecule has 0 aliphatic carbocycles. The quantitative estimate of drug-likeness (QED) is 0.839. The highest BCUT2D eigenvalue weighted by molar-refractivity contribution is 6.27. The molecule has 2 fully saturated rings. The number of hydrogen-bond donors (Lipinski definition) is 1. The number of nitrogens with one attached hydrogen (secondary N) is 1. The van der Waals surface area contributed by atoms with E-state index in [9.17, 15) is 9.59 Å². The van der Waals surface area contributed by atoms with Crippen LogP contribution in [0.25, 0.3) is 0 Å². The van der Waals surface area contributed by atoms with Gasteiger partial charge in [0.1, 0.15) is 11.4 Å². The predicted molar refractivity (Wildman–Crippen MR) is 84.5 cm³/mol. The highest BCUT2D eigenvalue weighted by Crippen LogP contribution is 2.30. The minimum absolute atomic E-state index is 0.0236. The first-order chi connectivity index (χ1) is 10.7. The Balaban J connectivity index is 1.83. The standard InChI is InChI=1S/C16H20ClN3O2/c17-10-14(21)19-8-9-20(11-13-4-2-1-3-5-13)16(12-19)6-7-18-15(16)22/h1-5H,6-12H2,(H,18,22)/t16-/m1/s1. The second-order valence-corrected chi connectivity index (χ2v) is 6.16. The zero-order valence-electron chi connectivity index (χ0n) is 12.4. The van der Waals surface area contributed by atoms with Crippen molar-refractivity contribution < 1.29 is 9.59 Å². The Labute approximate surface area is 135 Å². The highest BCUT2D eigenvalue weighted by Gasteiger charge is 2.51. The van der Waals surface area contributed by atoms with Gasteiger partial charge in [-0.3, -0.25) is 14.5 Å². The van der Waals surface area contributed by atoms with Crippen LogP contribution in [0.1, 0.15) is 12.0 Å². The second kappa shape index (κ2) is 6.26. The fraction of sp³-hybridized carbons (Fsp3) is 0.500. The van der Waals surface area contributed by atoms with Gasteiger partial charge in [0.15, 0.2) is 0 Å². The van der Waals surface area contributed by atoms with E-state index in [1.165, 1.54) is 5.56 Å². The van der Waals surface area contributed by atoms with Crippen molar-refractivity contribution in [2.75, 3.05) is 32.1 Å². The maximum atomic E-state index is 12.5. The van der Waals surface area contributed by atoms with Crippen molar-refractivity contribution in [3.05, 3.63) is 35.9 Å². The molecule has 1 aromatic rings. The van der Waals surface area contributed by atoms with E-state index in [-0.39, 0.29) is 17.7 Å². The number of nitrogens with zero attached hydrogens (tertiary/aromatic N) is 2. The molecule has 6 heteroatoms. The summed E-state index contributed by atoms with van der Waals surface area (Å²) < 4.78 is 0. The molecule has 2 aliphatic heterocycles. The van der Waals surface area contributed by atoms with Gasteiger partial charge >= 0.3 is 0 Å². The van der Waals surface area contributed by atoms with E-state index < -0.39 is 5.54 Å². The Kier molecular flexibility index (Phi) is 4.36. The van der Waals surface area contributed by atoms with Gasteiger partial charge in [0.2, 0.25) is 11.8 Å². The van der Waals surface area contributed by atoms with Crippen LogP contribution in [-0.4, -0.2) is 59.2 Å². The number of benzene rings is 1. The summed E-state index contributed by atoms with van der Waals surface area (Å²) >= 11 is 5.68. The van der Waals surface area contributed by atoms with Crippen LogP contribution in [0.5, 0.6) is 0 Å². The lowest BCUT2D eigenvalue weighted by Gasteiger charge is -2.47. The average Bonchev–Trinajstić information content (AvgIpc) is 2.91. The molecule has 0 radical (unpaired) electrons. The molecule has 2 saturated heterocycles. The second-order valence-electron chi connectivity index (χ2n) is 5.89. The van der Waals surface area contributed by atoms with Gasteiger partial charge in [-0.1, -0.05) is 30.3 Å². The van der Waals surface area contributed by atoms with Gasteiger partial charge in [-0.2, -0.15) is 0 Å². The number of halogens is 1. The van der Waals surface area contributed by atoms with E-state index in [1.54, 1.807) is 4.90 Å². The van der Waals surface area contributed by atoms with Gasteiger partial charge in [-0.05, 0) is 12.0 Å². The van der Waals surface area contributed by atoms with Crippen molar-refractivity contribution >= 4 is 23.4 Å². The Morgan fingerprint density at radius 2 is 2.05 bits per heavy atom. The van der Waals surface area contributed by atoms with E-state index in [0.29, 0.717) is 26.2 Å². The third-order valence-corrected chi connectivity index (χ3v) is 4.86. The van der Waals surface area contributed by atoms with Gasteiger partial charge in [0.05, 0.1) is 0 Å². The minimum atomic E-state index is -0.615. The maximum absolute atomic E-state index is 12.5. The third-order valence-electron chi connectivity index (χ3n) is 4.63. The van der Waals surface area contributed by atoms with Gasteiger partial charge < -0.3 is 10.2 Å². The largest absolute Gasteiger partial charge is 0.354 e. The SMILES string of the molecule is O=C(CCl)N1CCN(Cc2ccccc2)[C@]2(CCNC2=O)C1. The van der Waals surface area contributed by atoms with Crippen LogP contribution >= 0.6 is 11.6 Å². The fourth-order valence-electron chi connectivity index (χ4n) is 3.40. The van der Waals surface area contributed by atoms with E-state index in [4.69, 9.17) is 11.6 Å². The molecule has 2 aliphatic rings. The Morgan fingerprint density at radius 3 is 2.68 bits per heavy atom. The summed E-state index contributed by atoms with van der Waals surface area (Å²) in [6.45, 7) is 3.11. The lowest BCUT2D eigenvalue weighted by molar-refractivity contribution is -0.142. The molecule has 118 valence electrons. The Morgan fingerprint density at radius 1 is 1.27 bits per heavy atom. The monoisotopic (exact) mass is 321 g/mol. The van der Waals surface area contributed by atoms with Crippen LogP contribution in [0, 0.1) is 0 Å². The normalized spacial score (nSPS) is 25.5. The van der Waals surface area contributed by atoms with Crippen LogP contribution < -0.4 is 5.32 Å². The lowest BCUT2D eigenvalue weighted by Crippen LogP contribution is -2.66. The van der Waals surface area contributed by atoms with Crippen molar-refractivity contribution in [1.29, 1.82) is 0 Å². The van der Waals surface area contributed by atoms with Crippen molar-refractivity contribution in [3.63, 3.8) is 0 Å². The molecule has 0 bridgehead atoms. The molecule has 0 aromatic heterocycles. The minimum Gasteiger partial charge on any atom is -0.354 e. The van der Waals surface area contributed by atoms with Crippen LogP contribution in [0.2, 0.25) is 0 Å². The van der Waals surface area contributed by atoms with E-state index in [1.807, 2.05) is 18.2 Å². The summed E-state index contributed by atoms with van der Waals surface area (Å²) in [6.07, 6.45) is 0.727. The molecule has 22 heavy (non-hydrogen) atoms. The van der Waals surface area contributed by atoms with Gasteiger partial charge in [-0.25, -0.2) is 0 Å². The van der Waals surface area contributed by atoms with Gasteiger partial charge in [0, 0.05) is 32.7 Å². The van der Waals surface area contributed by atoms with Crippen molar-refractivity contribution in [3.8, 4) is 0 Å². The molecule has 5 nitrogen and oxygen atoms in total. The Hall–Kier alpha value is -1.59. The number of amides is 2. The summed E-state index contributed by atoms with van der Waals surface area (Å²) in [5, 5.41) is 2.92. The molecule has 3 rings (SSSR count). The zero-order valence-corrected chi connectivity index (χ0v) is 13.2. The van der Waals surface area contributed by atoms with Gasteiger partial charge in [0.25, 0.3) is 0 Å². The molecule has 2 heterocycles. The van der Waals surface area contributed by atoms with Crippen LogP contribution in [0.4, 0.5) is 0 Å². The molecule has 0 saturated carbocycles. The highest BCUT2D eigenvalue weighted by atomic mass is 35.5. The fourth-order valence-corrected chi connectivity index (χ4v) is 3.56. The summed E-state index contributed by atoms with van der Waals surface area (Å²) in [6, 6.07) is 10.1. The summed E-state index contributed by atoms with van der Waals surface area (Å²) in [5.74, 6) is -0.105. The molecular formula is C16H20ClN3O2. The van der Waals surface area contributed by atoms with Crippen LogP contribution in [0.3, 0.4) is 0 Å². The smallest absolute Gasteiger partial charge is 0.242 e. The van der Waals surface area contributed by atoms with Crippen molar-refractivity contribution in [1.82, 2.24) is 15.1 Å². The summed E-state index contributed by atoms with van der Waals surface area (Å²) in [4.78, 5) is 28.3. The number of piperazine rings is 1. The topological polar surface area (TPSA) is 52.7 Å². The molecule has 1 spiro atoms. The van der Waals surface area contributed by atoms with E-state index in [0.717, 1.165) is 13.0 Å². The number of carbonyl (C=O) groups is 2. The molecule has 0 unspecified atom stereocenters. The molecule has 2 amide bonds. The van der Waals surface area contributed by atoms with Crippen molar-refractivity contribution in [2.45, 2.75) is 18.5 Å².